The number of hydrogen-bond donors (Lipinski definition) is 1. The van der Waals surface area contributed by atoms with Gasteiger partial charge < -0.3 is 10.6 Å². The van der Waals surface area contributed by atoms with Crippen molar-refractivity contribution in [2.75, 3.05) is 40.3 Å². The molecule has 1 fully saturated rings. The van der Waals surface area contributed by atoms with Crippen LogP contribution in [0.5, 0.6) is 0 Å². The first-order valence-electron chi connectivity index (χ1n) is 7.00. The van der Waals surface area contributed by atoms with Gasteiger partial charge in [0.2, 0.25) is 0 Å². The highest BCUT2D eigenvalue weighted by Gasteiger charge is 2.44. The van der Waals surface area contributed by atoms with Crippen molar-refractivity contribution in [2.45, 2.75) is 39.2 Å². The van der Waals surface area contributed by atoms with Crippen molar-refractivity contribution < 1.29 is 0 Å². The maximum Gasteiger partial charge on any atom is 0.0332 e. The van der Waals surface area contributed by atoms with Gasteiger partial charge in [-0.25, -0.2) is 0 Å². The molecule has 1 atom stereocenters. The molecule has 1 aliphatic carbocycles. The van der Waals surface area contributed by atoms with Crippen LogP contribution in [0.25, 0.3) is 0 Å². The minimum atomic E-state index is 0.222. The lowest BCUT2D eigenvalue weighted by molar-refractivity contribution is 0.0691. The zero-order valence-electron chi connectivity index (χ0n) is 12.4. The third-order valence-corrected chi connectivity index (χ3v) is 4.00. The van der Waals surface area contributed by atoms with Crippen molar-refractivity contribution in [3.63, 3.8) is 0 Å². The van der Waals surface area contributed by atoms with Gasteiger partial charge >= 0.3 is 0 Å². The highest BCUT2D eigenvalue weighted by molar-refractivity contribution is 5.00. The molecule has 17 heavy (non-hydrogen) atoms. The Labute approximate surface area is 107 Å². The van der Waals surface area contributed by atoms with E-state index in [-0.39, 0.29) is 5.54 Å². The molecule has 0 heterocycles. The van der Waals surface area contributed by atoms with Crippen LogP contribution < -0.4 is 5.73 Å². The molecule has 0 spiro atoms. The summed E-state index contributed by atoms with van der Waals surface area (Å²) < 4.78 is 0. The zero-order valence-corrected chi connectivity index (χ0v) is 12.4. The van der Waals surface area contributed by atoms with Crippen LogP contribution in [-0.2, 0) is 0 Å². The summed E-state index contributed by atoms with van der Waals surface area (Å²) in [6.07, 6.45) is 2.73. The molecule has 2 N–H and O–H groups in total. The Morgan fingerprint density at radius 1 is 1.24 bits per heavy atom. The van der Waals surface area contributed by atoms with Crippen molar-refractivity contribution in [2.24, 2.45) is 17.6 Å². The van der Waals surface area contributed by atoms with E-state index in [1.165, 1.54) is 12.8 Å². The number of likely N-dealkylation sites (N-methyl/N-ethyl adjacent to an activating group) is 1. The van der Waals surface area contributed by atoms with Crippen LogP contribution >= 0.6 is 0 Å². The molecule has 0 aromatic heterocycles. The van der Waals surface area contributed by atoms with Crippen LogP contribution in [0.1, 0.15) is 33.6 Å². The van der Waals surface area contributed by atoms with Crippen LogP contribution in [0.15, 0.2) is 0 Å². The molecular weight excluding hydrogens is 210 g/mol. The molecule has 1 unspecified atom stereocenters. The normalized spacial score (nSPS) is 20.3. The Bertz CT molecular complexity index is 224. The van der Waals surface area contributed by atoms with Gasteiger partial charge in [0.1, 0.15) is 0 Å². The first-order valence-corrected chi connectivity index (χ1v) is 7.00. The maximum absolute atomic E-state index is 6.08. The predicted molar refractivity (Wildman–Crippen MR) is 75.1 cm³/mol. The van der Waals surface area contributed by atoms with Crippen molar-refractivity contribution >= 4 is 0 Å². The topological polar surface area (TPSA) is 32.5 Å². The Morgan fingerprint density at radius 2 is 1.82 bits per heavy atom. The van der Waals surface area contributed by atoms with Crippen LogP contribution in [0.3, 0.4) is 0 Å². The number of rotatable bonds is 8. The molecule has 102 valence electrons. The lowest BCUT2D eigenvalue weighted by Gasteiger charge is -2.42. The van der Waals surface area contributed by atoms with Crippen molar-refractivity contribution in [3.8, 4) is 0 Å². The van der Waals surface area contributed by atoms with E-state index in [0.717, 1.165) is 32.1 Å². The highest BCUT2D eigenvalue weighted by atomic mass is 15.2. The van der Waals surface area contributed by atoms with Gasteiger partial charge in [-0.2, -0.15) is 0 Å². The molecule has 3 heteroatoms. The Kier molecular flexibility index (Phi) is 5.42. The molecule has 0 bridgehead atoms. The van der Waals surface area contributed by atoms with Gasteiger partial charge in [0, 0.05) is 31.7 Å². The van der Waals surface area contributed by atoms with E-state index in [2.05, 4.69) is 44.7 Å². The minimum Gasteiger partial charge on any atom is -0.329 e. The average Bonchev–Trinajstić information content (AvgIpc) is 3.06. The van der Waals surface area contributed by atoms with Crippen LogP contribution in [0.2, 0.25) is 0 Å². The SMILES string of the molecule is CC(C)CN(CCN(C)C)C(C)(CN)C1CC1. The Hall–Kier alpha value is -0.120. The van der Waals surface area contributed by atoms with Gasteiger partial charge in [0.25, 0.3) is 0 Å². The van der Waals surface area contributed by atoms with Crippen LogP contribution in [-0.4, -0.2) is 55.6 Å². The molecule has 1 rings (SSSR count). The number of hydrogen-bond acceptors (Lipinski definition) is 3. The van der Waals surface area contributed by atoms with E-state index in [0.29, 0.717) is 5.92 Å². The van der Waals surface area contributed by atoms with E-state index >= 15 is 0 Å². The maximum atomic E-state index is 6.08. The van der Waals surface area contributed by atoms with Crippen molar-refractivity contribution in [1.82, 2.24) is 9.80 Å². The van der Waals surface area contributed by atoms with Gasteiger partial charge in [-0.3, -0.25) is 4.90 Å². The fraction of sp³-hybridized carbons (Fsp3) is 1.00. The van der Waals surface area contributed by atoms with Gasteiger partial charge in [-0.05, 0) is 45.7 Å². The van der Waals surface area contributed by atoms with E-state index < -0.39 is 0 Å². The molecule has 1 aliphatic rings. The molecule has 0 saturated heterocycles. The molecule has 0 amide bonds. The summed E-state index contributed by atoms with van der Waals surface area (Å²) in [5.74, 6) is 1.54. The summed E-state index contributed by atoms with van der Waals surface area (Å²) in [5, 5.41) is 0. The van der Waals surface area contributed by atoms with E-state index in [9.17, 15) is 0 Å². The van der Waals surface area contributed by atoms with Gasteiger partial charge in [-0.15, -0.1) is 0 Å². The number of nitrogens with two attached hydrogens (primary N) is 1. The van der Waals surface area contributed by atoms with Gasteiger partial charge in [-0.1, -0.05) is 13.8 Å². The summed E-state index contributed by atoms with van der Waals surface area (Å²) >= 11 is 0. The van der Waals surface area contributed by atoms with E-state index in [1.807, 2.05) is 0 Å². The first-order chi connectivity index (χ1) is 7.90. The monoisotopic (exact) mass is 241 g/mol. The van der Waals surface area contributed by atoms with E-state index in [1.54, 1.807) is 0 Å². The summed E-state index contributed by atoms with van der Waals surface area (Å²) in [6.45, 7) is 11.2. The quantitative estimate of drug-likeness (QED) is 0.701. The molecule has 3 nitrogen and oxygen atoms in total. The average molecular weight is 241 g/mol. The second kappa shape index (κ2) is 6.17. The van der Waals surface area contributed by atoms with E-state index in [4.69, 9.17) is 5.73 Å². The zero-order chi connectivity index (χ0) is 13.1. The third-order valence-electron chi connectivity index (χ3n) is 4.00. The van der Waals surface area contributed by atoms with Crippen LogP contribution in [0, 0.1) is 11.8 Å². The molecule has 1 saturated carbocycles. The summed E-state index contributed by atoms with van der Waals surface area (Å²) in [6, 6.07) is 0. The molecular formula is C14H31N3. The summed E-state index contributed by atoms with van der Waals surface area (Å²) in [4.78, 5) is 4.90. The first kappa shape index (κ1) is 14.9. The molecule has 0 radical (unpaired) electrons. The third kappa shape index (κ3) is 4.23. The van der Waals surface area contributed by atoms with Crippen molar-refractivity contribution in [3.05, 3.63) is 0 Å². The standard InChI is InChI=1S/C14H31N3/c1-12(2)10-17(9-8-16(4)5)14(3,11-15)13-6-7-13/h12-13H,6-11,15H2,1-5H3. The number of nitrogens with zero attached hydrogens (tertiary/aromatic N) is 2. The predicted octanol–water partition coefficient (Wildman–Crippen LogP) is 1.63. The summed E-state index contributed by atoms with van der Waals surface area (Å²) in [7, 11) is 4.29. The smallest absolute Gasteiger partial charge is 0.0332 e. The van der Waals surface area contributed by atoms with Crippen LogP contribution in [0.4, 0.5) is 0 Å². The highest BCUT2D eigenvalue weighted by Crippen LogP contribution is 2.42. The summed E-state index contributed by atoms with van der Waals surface area (Å²) in [5.41, 5.74) is 6.30. The van der Waals surface area contributed by atoms with Gasteiger partial charge in [0.05, 0.1) is 0 Å². The molecule has 0 aromatic carbocycles. The molecule has 0 aromatic rings. The lowest BCUT2D eigenvalue weighted by atomic mass is 9.92. The lowest BCUT2D eigenvalue weighted by Crippen LogP contribution is -2.56. The van der Waals surface area contributed by atoms with Gasteiger partial charge in [0.15, 0.2) is 0 Å². The second-order valence-corrected chi connectivity index (χ2v) is 6.48. The van der Waals surface area contributed by atoms with Crippen molar-refractivity contribution in [1.29, 1.82) is 0 Å². The fourth-order valence-corrected chi connectivity index (χ4v) is 2.58. The largest absolute Gasteiger partial charge is 0.329 e. The Balaban J connectivity index is 2.65. The minimum absolute atomic E-state index is 0.222. The second-order valence-electron chi connectivity index (χ2n) is 6.48. The Morgan fingerprint density at radius 3 is 2.18 bits per heavy atom. The molecule has 0 aliphatic heterocycles. The fourth-order valence-electron chi connectivity index (χ4n) is 2.58.